The summed E-state index contributed by atoms with van der Waals surface area (Å²) in [5.74, 6) is -0.522. The minimum absolute atomic E-state index is 0.342. The van der Waals surface area contributed by atoms with Crippen molar-refractivity contribution in [3.63, 3.8) is 0 Å². The summed E-state index contributed by atoms with van der Waals surface area (Å²) in [6, 6.07) is 12.6. The zero-order chi connectivity index (χ0) is 13.1. The van der Waals surface area contributed by atoms with Crippen LogP contribution in [0.15, 0.2) is 52.3 Å². The molecule has 0 spiro atoms. The Balaban J connectivity index is 2.32. The largest absolute Gasteiger partial charge is 0.397 e. The number of amides is 1. The molecule has 0 saturated heterocycles. The predicted octanol–water partition coefficient (Wildman–Crippen LogP) is 3.17. The SMILES string of the molecule is NC(=O)c1cccc(Sc2ccc(Cl)cc2)c1N. The molecule has 1 amide bonds. The van der Waals surface area contributed by atoms with Gasteiger partial charge in [0.1, 0.15) is 0 Å². The summed E-state index contributed by atoms with van der Waals surface area (Å²) in [6.07, 6.45) is 0. The number of nitrogen functional groups attached to an aromatic ring is 1. The summed E-state index contributed by atoms with van der Waals surface area (Å²) in [5, 5.41) is 0.679. The van der Waals surface area contributed by atoms with Crippen LogP contribution in [0.3, 0.4) is 0 Å². The Morgan fingerprint density at radius 3 is 2.39 bits per heavy atom. The van der Waals surface area contributed by atoms with Gasteiger partial charge in [-0.2, -0.15) is 0 Å². The van der Waals surface area contributed by atoms with E-state index in [0.717, 1.165) is 9.79 Å². The molecule has 92 valence electrons. The fourth-order valence-corrected chi connectivity index (χ4v) is 2.50. The molecular weight excluding hydrogens is 268 g/mol. The van der Waals surface area contributed by atoms with Crippen molar-refractivity contribution in [2.45, 2.75) is 9.79 Å². The minimum atomic E-state index is -0.522. The molecule has 0 aliphatic carbocycles. The highest BCUT2D eigenvalue weighted by Crippen LogP contribution is 2.34. The topological polar surface area (TPSA) is 69.1 Å². The molecule has 2 rings (SSSR count). The second-order valence-corrected chi connectivity index (χ2v) is 5.19. The van der Waals surface area contributed by atoms with Crippen LogP contribution in [-0.4, -0.2) is 5.91 Å². The van der Waals surface area contributed by atoms with Crippen molar-refractivity contribution >= 4 is 35.0 Å². The van der Waals surface area contributed by atoms with Crippen LogP contribution in [0.1, 0.15) is 10.4 Å². The number of nitrogens with two attached hydrogens (primary N) is 2. The molecule has 0 radical (unpaired) electrons. The van der Waals surface area contributed by atoms with E-state index in [1.807, 2.05) is 18.2 Å². The summed E-state index contributed by atoms with van der Waals surface area (Å²) in [4.78, 5) is 13.0. The Labute approximate surface area is 114 Å². The predicted molar refractivity (Wildman–Crippen MR) is 74.9 cm³/mol. The lowest BCUT2D eigenvalue weighted by Gasteiger charge is -2.08. The minimum Gasteiger partial charge on any atom is -0.397 e. The number of carbonyl (C=O) groups excluding carboxylic acids is 1. The monoisotopic (exact) mass is 278 g/mol. The Morgan fingerprint density at radius 2 is 1.78 bits per heavy atom. The zero-order valence-corrected chi connectivity index (χ0v) is 11.0. The van der Waals surface area contributed by atoms with Gasteiger partial charge in [0, 0.05) is 14.8 Å². The van der Waals surface area contributed by atoms with E-state index in [4.69, 9.17) is 23.1 Å². The van der Waals surface area contributed by atoms with E-state index in [0.29, 0.717) is 16.3 Å². The van der Waals surface area contributed by atoms with Gasteiger partial charge in [-0.25, -0.2) is 0 Å². The first kappa shape index (κ1) is 12.8. The average molecular weight is 279 g/mol. The van der Waals surface area contributed by atoms with E-state index in [-0.39, 0.29) is 0 Å². The third-order valence-corrected chi connectivity index (χ3v) is 3.71. The quantitative estimate of drug-likeness (QED) is 0.847. The molecule has 5 heteroatoms. The van der Waals surface area contributed by atoms with E-state index in [1.54, 1.807) is 24.3 Å². The van der Waals surface area contributed by atoms with Crippen molar-refractivity contribution in [2.24, 2.45) is 5.73 Å². The molecule has 2 aromatic rings. The Morgan fingerprint density at radius 1 is 1.11 bits per heavy atom. The zero-order valence-electron chi connectivity index (χ0n) is 9.39. The van der Waals surface area contributed by atoms with Gasteiger partial charge in [-0.3, -0.25) is 4.79 Å². The third-order valence-electron chi connectivity index (χ3n) is 2.37. The van der Waals surface area contributed by atoms with Crippen LogP contribution >= 0.6 is 23.4 Å². The second kappa shape index (κ2) is 5.33. The lowest BCUT2D eigenvalue weighted by Crippen LogP contribution is -2.13. The number of primary amides is 1. The first-order valence-corrected chi connectivity index (χ1v) is 6.39. The number of halogens is 1. The van der Waals surface area contributed by atoms with E-state index in [2.05, 4.69) is 0 Å². The van der Waals surface area contributed by atoms with E-state index >= 15 is 0 Å². The highest BCUT2D eigenvalue weighted by atomic mass is 35.5. The van der Waals surface area contributed by atoms with Crippen LogP contribution in [0.5, 0.6) is 0 Å². The molecule has 0 aliphatic heterocycles. The van der Waals surface area contributed by atoms with Crippen molar-refractivity contribution in [2.75, 3.05) is 5.73 Å². The van der Waals surface area contributed by atoms with Crippen LogP contribution < -0.4 is 11.5 Å². The third kappa shape index (κ3) is 2.78. The molecule has 0 heterocycles. The molecular formula is C13H11ClN2OS. The molecule has 0 saturated carbocycles. The summed E-state index contributed by atoms with van der Waals surface area (Å²) in [5.41, 5.74) is 11.9. The van der Waals surface area contributed by atoms with Crippen LogP contribution in [0.4, 0.5) is 5.69 Å². The molecule has 0 fully saturated rings. The average Bonchev–Trinajstić information content (AvgIpc) is 2.34. The number of carbonyl (C=O) groups is 1. The van der Waals surface area contributed by atoms with Gasteiger partial charge in [0.2, 0.25) is 0 Å². The second-order valence-electron chi connectivity index (χ2n) is 3.64. The van der Waals surface area contributed by atoms with Gasteiger partial charge in [-0.05, 0) is 36.4 Å². The number of para-hydroxylation sites is 1. The highest BCUT2D eigenvalue weighted by Gasteiger charge is 2.10. The molecule has 0 bridgehead atoms. The normalized spacial score (nSPS) is 10.3. The summed E-state index contributed by atoms with van der Waals surface area (Å²) in [6.45, 7) is 0. The smallest absolute Gasteiger partial charge is 0.250 e. The van der Waals surface area contributed by atoms with Gasteiger partial charge in [-0.1, -0.05) is 29.4 Å². The van der Waals surface area contributed by atoms with Crippen molar-refractivity contribution in [1.29, 1.82) is 0 Å². The maximum Gasteiger partial charge on any atom is 0.250 e. The van der Waals surface area contributed by atoms with Crippen molar-refractivity contribution < 1.29 is 4.79 Å². The van der Waals surface area contributed by atoms with Crippen molar-refractivity contribution in [3.8, 4) is 0 Å². The van der Waals surface area contributed by atoms with E-state index in [9.17, 15) is 4.79 Å². The molecule has 0 aliphatic rings. The van der Waals surface area contributed by atoms with Gasteiger partial charge in [-0.15, -0.1) is 0 Å². The summed E-state index contributed by atoms with van der Waals surface area (Å²) < 4.78 is 0. The number of hydrogen-bond donors (Lipinski definition) is 2. The molecule has 18 heavy (non-hydrogen) atoms. The summed E-state index contributed by atoms with van der Waals surface area (Å²) >= 11 is 7.28. The number of hydrogen-bond acceptors (Lipinski definition) is 3. The van der Waals surface area contributed by atoms with Crippen LogP contribution in [0.25, 0.3) is 0 Å². The summed E-state index contributed by atoms with van der Waals surface area (Å²) in [7, 11) is 0. The van der Waals surface area contributed by atoms with E-state index in [1.165, 1.54) is 11.8 Å². The van der Waals surface area contributed by atoms with Crippen LogP contribution in [-0.2, 0) is 0 Å². The highest BCUT2D eigenvalue weighted by molar-refractivity contribution is 7.99. The van der Waals surface area contributed by atoms with Crippen molar-refractivity contribution in [3.05, 3.63) is 53.1 Å². The Kier molecular flexibility index (Phi) is 3.79. The number of rotatable bonds is 3. The van der Waals surface area contributed by atoms with Gasteiger partial charge < -0.3 is 11.5 Å². The maximum atomic E-state index is 11.2. The van der Waals surface area contributed by atoms with Gasteiger partial charge in [0.15, 0.2) is 0 Å². The molecule has 2 aromatic carbocycles. The molecule has 0 aromatic heterocycles. The fraction of sp³-hybridized carbons (Fsp3) is 0. The standard InChI is InChI=1S/C13H11ClN2OS/c14-8-4-6-9(7-5-8)18-11-3-1-2-10(12(11)15)13(16)17/h1-7H,15H2,(H2,16,17). The fourth-order valence-electron chi connectivity index (χ4n) is 1.48. The molecule has 0 atom stereocenters. The Bertz CT molecular complexity index is 584. The van der Waals surface area contributed by atoms with Crippen molar-refractivity contribution in [1.82, 2.24) is 0 Å². The lowest BCUT2D eigenvalue weighted by atomic mass is 10.2. The molecule has 3 nitrogen and oxygen atoms in total. The van der Waals surface area contributed by atoms with Gasteiger partial charge in [0.25, 0.3) is 5.91 Å². The van der Waals surface area contributed by atoms with Crippen LogP contribution in [0.2, 0.25) is 5.02 Å². The lowest BCUT2D eigenvalue weighted by molar-refractivity contribution is 0.100. The van der Waals surface area contributed by atoms with E-state index < -0.39 is 5.91 Å². The number of anilines is 1. The number of benzene rings is 2. The first-order chi connectivity index (χ1) is 8.58. The Hall–Kier alpha value is -1.65. The molecule has 4 N–H and O–H groups in total. The van der Waals surface area contributed by atoms with Crippen LogP contribution in [0, 0.1) is 0 Å². The van der Waals surface area contributed by atoms with Gasteiger partial charge in [0.05, 0.1) is 11.3 Å². The van der Waals surface area contributed by atoms with Gasteiger partial charge >= 0.3 is 0 Å². The first-order valence-electron chi connectivity index (χ1n) is 5.19. The maximum absolute atomic E-state index is 11.2. The molecule has 0 unspecified atom stereocenters.